The van der Waals surface area contributed by atoms with Gasteiger partial charge in [-0.3, -0.25) is 4.57 Å². The lowest BCUT2D eigenvalue weighted by Crippen LogP contribution is -2.03. The Morgan fingerprint density at radius 2 is 1.08 bits per heavy atom. The van der Waals surface area contributed by atoms with Crippen molar-refractivity contribution in [3.8, 4) is 39.3 Å². The van der Waals surface area contributed by atoms with Crippen molar-refractivity contribution in [3.63, 3.8) is 0 Å². The molecular weight excluding hydrogens is 585 g/mol. The molecule has 10 aromatic rings. The lowest BCUT2D eigenvalue weighted by Gasteiger charge is -2.19. The minimum Gasteiger partial charge on any atom is -0.456 e. The van der Waals surface area contributed by atoms with E-state index < -0.39 is 0 Å². The minimum absolute atomic E-state index is 0.866. The lowest BCUT2D eigenvalue weighted by atomic mass is 9.95. The summed E-state index contributed by atoms with van der Waals surface area (Å²) in [5, 5.41) is 7.06. The third-order valence-electron chi connectivity index (χ3n) is 9.58. The van der Waals surface area contributed by atoms with Crippen molar-refractivity contribution in [2.75, 3.05) is 0 Å². The van der Waals surface area contributed by atoms with Crippen molar-refractivity contribution < 1.29 is 4.42 Å². The average Bonchev–Trinajstić information content (AvgIpc) is 3.72. The Balaban J connectivity index is 1.27. The number of hydrogen-bond acceptors (Lipinski definition) is 2. The fourth-order valence-corrected chi connectivity index (χ4v) is 7.35. The van der Waals surface area contributed by atoms with E-state index in [1.807, 2.05) is 0 Å². The van der Waals surface area contributed by atoms with Gasteiger partial charge in [0.1, 0.15) is 17.0 Å². The summed E-state index contributed by atoms with van der Waals surface area (Å²) in [7, 11) is 0. The summed E-state index contributed by atoms with van der Waals surface area (Å²) in [5.41, 5.74) is 10.5. The first-order valence-corrected chi connectivity index (χ1v) is 16.3. The summed E-state index contributed by atoms with van der Waals surface area (Å²) in [4.78, 5) is 5.32. The highest BCUT2D eigenvalue weighted by molar-refractivity contribution is 6.16. The fourth-order valence-electron chi connectivity index (χ4n) is 7.35. The molecule has 48 heavy (non-hydrogen) atoms. The smallest absolute Gasteiger partial charge is 0.145 e. The van der Waals surface area contributed by atoms with Gasteiger partial charge in [-0.2, -0.15) is 0 Å². The molecule has 0 spiro atoms. The lowest BCUT2D eigenvalue weighted by molar-refractivity contribution is 0.669. The van der Waals surface area contributed by atoms with E-state index in [-0.39, 0.29) is 0 Å². The summed E-state index contributed by atoms with van der Waals surface area (Å²) in [6.07, 6.45) is 0. The first kappa shape index (κ1) is 26.7. The van der Waals surface area contributed by atoms with Crippen molar-refractivity contribution in [1.29, 1.82) is 0 Å². The van der Waals surface area contributed by atoms with Crippen LogP contribution >= 0.6 is 0 Å². The third-order valence-corrected chi connectivity index (χ3v) is 9.58. The molecule has 2 aromatic heterocycles. The van der Waals surface area contributed by atoms with Crippen LogP contribution in [0.1, 0.15) is 0 Å². The van der Waals surface area contributed by atoms with E-state index >= 15 is 0 Å². The van der Waals surface area contributed by atoms with Gasteiger partial charge in [-0.25, -0.2) is 4.98 Å². The van der Waals surface area contributed by atoms with Crippen LogP contribution in [0.15, 0.2) is 174 Å². The molecule has 0 bridgehead atoms. The van der Waals surface area contributed by atoms with Crippen LogP contribution in [-0.2, 0) is 0 Å². The minimum atomic E-state index is 0.866. The zero-order valence-corrected chi connectivity index (χ0v) is 26.0. The maximum atomic E-state index is 6.46. The molecule has 0 aliphatic rings. The standard InChI is InChI=1S/C45H28N2O/c1-3-12-29(13-4-1)35-18-11-19-36(30-14-5-2-6-15-30)44(35)47-41-21-10-9-20-40(41)46-45(47)33-24-25-42-38(26-33)39-28-37-32(27-43(39)48-42)23-22-31-16-7-8-17-34(31)37/h1-28H. The first-order chi connectivity index (χ1) is 23.8. The largest absolute Gasteiger partial charge is 0.456 e. The van der Waals surface area contributed by atoms with E-state index in [4.69, 9.17) is 9.40 Å². The molecule has 0 saturated carbocycles. The Labute approximate surface area is 277 Å². The van der Waals surface area contributed by atoms with Gasteiger partial charge in [0.05, 0.1) is 16.7 Å². The van der Waals surface area contributed by atoms with E-state index in [2.05, 4.69) is 174 Å². The van der Waals surface area contributed by atoms with Crippen LogP contribution in [0.2, 0.25) is 0 Å². The Bertz CT molecular complexity index is 2770. The second-order valence-corrected chi connectivity index (χ2v) is 12.4. The molecule has 0 amide bonds. The highest BCUT2D eigenvalue weighted by Gasteiger charge is 2.22. The summed E-state index contributed by atoms with van der Waals surface area (Å²) >= 11 is 0. The predicted molar refractivity (Wildman–Crippen MR) is 200 cm³/mol. The van der Waals surface area contributed by atoms with Crippen LogP contribution in [0, 0.1) is 0 Å². The zero-order chi connectivity index (χ0) is 31.6. The molecule has 2 heterocycles. The van der Waals surface area contributed by atoms with Gasteiger partial charge in [-0.05, 0) is 75.1 Å². The van der Waals surface area contributed by atoms with Crippen molar-refractivity contribution in [2.24, 2.45) is 0 Å². The topological polar surface area (TPSA) is 31.0 Å². The Morgan fingerprint density at radius 3 is 1.88 bits per heavy atom. The van der Waals surface area contributed by atoms with Crippen LogP contribution in [0.3, 0.4) is 0 Å². The SMILES string of the molecule is c1ccc(-c2cccc(-c3ccccc3)c2-n2c(-c3ccc4oc5cc6ccc7ccccc7c6cc5c4c3)nc3ccccc32)cc1. The van der Waals surface area contributed by atoms with Crippen LogP contribution in [0.5, 0.6) is 0 Å². The van der Waals surface area contributed by atoms with Crippen LogP contribution in [0.25, 0.3) is 93.8 Å². The monoisotopic (exact) mass is 612 g/mol. The third kappa shape index (κ3) is 4.11. The molecular formula is C45H28N2O. The van der Waals surface area contributed by atoms with Crippen LogP contribution in [0.4, 0.5) is 0 Å². The number of para-hydroxylation sites is 3. The second-order valence-electron chi connectivity index (χ2n) is 12.4. The van der Waals surface area contributed by atoms with Gasteiger partial charge in [0.15, 0.2) is 0 Å². The number of furan rings is 1. The number of fused-ring (bicyclic) bond motifs is 7. The molecule has 0 N–H and O–H groups in total. The molecule has 0 radical (unpaired) electrons. The number of rotatable bonds is 4. The molecule has 0 unspecified atom stereocenters. The highest BCUT2D eigenvalue weighted by Crippen LogP contribution is 2.42. The van der Waals surface area contributed by atoms with Gasteiger partial charge in [0.2, 0.25) is 0 Å². The molecule has 3 nitrogen and oxygen atoms in total. The number of nitrogens with zero attached hydrogens (tertiary/aromatic N) is 2. The number of aromatic nitrogens is 2. The van der Waals surface area contributed by atoms with Crippen molar-refractivity contribution >= 4 is 54.5 Å². The van der Waals surface area contributed by atoms with E-state index in [0.29, 0.717) is 0 Å². The van der Waals surface area contributed by atoms with Gasteiger partial charge in [-0.1, -0.05) is 127 Å². The molecule has 0 aliphatic heterocycles. The summed E-state index contributed by atoms with van der Waals surface area (Å²) < 4.78 is 8.82. The quantitative estimate of drug-likeness (QED) is 0.185. The Hall–Kier alpha value is -6.45. The Morgan fingerprint density at radius 1 is 0.417 bits per heavy atom. The van der Waals surface area contributed by atoms with Crippen molar-refractivity contribution in [1.82, 2.24) is 9.55 Å². The molecule has 8 aromatic carbocycles. The molecule has 0 saturated heterocycles. The zero-order valence-electron chi connectivity index (χ0n) is 26.0. The summed E-state index contributed by atoms with van der Waals surface area (Å²) in [6, 6.07) is 60.2. The maximum absolute atomic E-state index is 6.46. The van der Waals surface area contributed by atoms with Gasteiger partial charge in [0, 0.05) is 27.5 Å². The fraction of sp³-hybridized carbons (Fsp3) is 0. The van der Waals surface area contributed by atoms with Crippen LogP contribution in [-0.4, -0.2) is 9.55 Å². The van der Waals surface area contributed by atoms with E-state index in [9.17, 15) is 0 Å². The van der Waals surface area contributed by atoms with E-state index in [1.165, 1.54) is 21.5 Å². The molecule has 0 fully saturated rings. The van der Waals surface area contributed by atoms with Gasteiger partial charge in [0.25, 0.3) is 0 Å². The number of benzene rings is 8. The van der Waals surface area contributed by atoms with E-state index in [0.717, 1.165) is 72.3 Å². The average molecular weight is 613 g/mol. The summed E-state index contributed by atoms with van der Waals surface area (Å²) in [6.45, 7) is 0. The Kier molecular flexibility index (Phi) is 5.87. The van der Waals surface area contributed by atoms with Crippen LogP contribution < -0.4 is 0 Å². The molecule has 0 aliphatic carbocycles. The first-order valence-electron chi connectivity index (χ1n) is 16.3. The summed E-state index contributed by atoms with van der Waals surface area (Å²) in [5.74, 6) is 0.888. The molecule has 224 valence electrons. The highest BCUT2D eigenvalue weighted by atomic mass is 16.3. The van der Waals surface area contributed by atoms with Gasteiger partial charge < -0.3 is 4.42 Å². The second kappa shape index (κ2) is 10.5. The van der Waals surface area contributed by atoms with Gasteiger partial charge in [-0.15, -0.1) is 0 Å². The van der Waals surface area contributed by atoms with Crippen molar-refractivity contribution in [3.05, 3.63) is 170 Å². The maximum Gasteiger partial charge on any atom is 0.145 e. The normalized spacial score (nSPS) is 11.8. The number of hydrogen-bond donors (Lipinski definition) is 0. The van der Waals surface area contributed by atoms with Gasteiger partial charge >= 0.3 is 0 Å². The molecule has 0 atom stereocenters. The van der Waals surface area contributed by atoms with Crippen molar-refractivity contribution in [2.45, 2.75) is 0 Å². The molecule has 3 heteroatoms. The predicted octanol–water partition coefficient (Wildman–Crippen LogP) is 12.2. The number of imidazole rings is 1. The van der Waals surface area contributed by atoms with E-state index in [1.54, 1.807) is 0 Å². The molecule has 10 rings (SSSR count).